The molecule has 0 saturated carbocycles. The lowest BCUT2D eigenvalue weighted by Crippen LogP contribution is -2.34. The van der Waals surface area contributed by atoms with Gasteiger partial charge >= 0.3 is 0 Å². The van der Waals surface area contributed by atoms with E-state index >= 15 is 0 Å². The van der Waals surface area contributed by atoms with Crippen LogP contribution in [0.2, 0.25) is 0 Å². The molecule has 0 aromatic carbocycles. The van der Waals surface area contributed by atoms with Crippen molar-refractivity contribution in [3.63, 3.8) is 0 Å². The second-order valence-corrected chi connectivity index (χ2v) is 6.28. The minimum absolute atomic E-state index is 0.232. The Kier molecular flexibility index (Phi) is 4.94. The third-order valence-corrected chi connectivity index (χ3v) is 4.47. The third-order valence-electron chi connectivity index (χ3n) is 3.61. The molecule has 1 N–H and O–H groups in total. The molecular formula is C15H23N3OS. The van der Waals surface area contributed by atoms with Crippen molar-refractivity contribution >= 4 is 11.3 Å². The van der Waals surface area contributed by atoms with Crippen LogP contribution in [0.3, 0.4) is 0 Å². The van der Waals surface area contributed by atoms with Gasteiger partial charge in [-0.15, -0.1) is 0 Å². The quantitative estimate of drug-likeness (QED) is 0.879. The first-order valence-corrected chi connectivity index (χ1v) is 8.09. The van der Waals surface area contributed by atoms with Crippen LogP contribution in [0.4, 0.5) is 0 Å². The average molecular weight is 293 g/mol. The second-order valence-electron chi connectivity index (χ2n) is 5.54. The summed E-state index contributed by atoms with van der Waals surface area (Å²) < 4.78 is 5.54. The van der Waals surface area contributed by atoms with Crippen molar-refractivity contribution in [2.24, 2.45) is 5.92 Å². The van der Waals surface area contributed by atoms with Crippen molar-refractivity contribution in [3.05, 3.63) is 22.2 Å². The zero-order chi connectivity index (χ0) is 14.7. The molecule has 0 aliphatic carbocycles. The molecule has 0 spiro atoms. The lowest BCUT2D eigenvalue weighted by Gasteiger charge is -2.24. The summed E-state index contributed by atoms with van der Waals surface area (Å²) in [5.74, 6) is 2.11. The number of thiophene rings is 1. The highest BCUT2D eigenvalue weighted by Gasteiger charge is 2.28. The van der Waals surface area contributed by atoms with E-state index in [0.29, 0.717) is 17.8 Å². The topological polar surface area (TPSA) is 51.0 Å². The van der Waals surface area contributed by atoms with Gasteiger partial charge in [0.25, 0.3) is 0 Å². The van der Waals surface area contributed by atoms with Gasteiger partial charge < -0.3 is 9.84 Å². The fraction of sp³-hybridized carbons (Fsp3) is 0.600. The lowest BCUT2D eigenvalue weighted by molar-refractivity contribution is 0.281. The van der Waals surface area contributed by atoms with Gasteiger partial charge in [0.1, 0.15) is 0 Å². The summed E-state index contributed by atoms with van der Waals surface area (Å²) >= 11 is 1.67. The van der Waals surface area contributed by atoms with Gasteiger partial charge in [0, 0.05) is 17.0 Å². The van der Waals surface area contributed by atoms with E-state index in [2.05, 4.69) is 60.8 Å². The highest BCUT2D eigenvalue weighted by Crippen LogP contribution is 2.30. The lowest BCUT2D eigenvalue weighted by atomic mass is 9.89. The van der Waals surface area contributed by atoms with E-state index in [1.54, 1.807) is 11.3 Å². The average Bonchev–Trinajstić information content (AvgIpc) is 2.98. The van der Waals surface area contributed by atoms with Crippen molar-refractivity contribution < 1.29 is 4.52 Å². The van der Waals surface area contributed by atoms with Gasteiger partial charge in [-0.3, -0.25) is 0 Å². The molecular weight excluding hydrogens is 270 g/mol. The minimum Gasteiger partial charge on any atom is -0.339 e. The monoisotopic (exact) mass is 293 g/mol. The normalized spacial score (nSPS) is 14.7. The van der Waals surface area contributed by atoms with E-state index in [-0.39, 0.29) is 5.92 Å². The Hall–Kier alpha value is -1.20. The molecule has 2 aromatic heterocycles. The maximum Gasteiger partial charge on any atom is 0.231 e. The molecule has 0 aliphatic heterocycles. The van der Waals surface area contributed by atoms with Crippen molar-refractivity contribution in [1.29, 1.82) is 0 Å². The zero-order valence-electron chi connectivity index (χ0n) is 12.8. The summed E-state index contributed by atoms with van der Waals surface area (Å²) in [6.45, 7) is 11.7. The Morgan fingerprint density at radius 2 is 2.05 bits per heavy atom. The Morgan fingerprint density at radius 1 is 1.30 bits per heavy atom. The van der Waals surface area contributed by atoms with Crippen LogP contribution in [0.15, 0.2) is 15.3 Å². The molecule has 0 bridgehead atoms. The number of rotatable bonds is 6. The number of hydrogen-bond acceptors (Lipinski definition) is 5. The third kappa shape index (κ3) is 3.10. The van der Waals surface area contributed by atoms with Gasteiger partial charge in [0.15, 0.2) is 0 Å². The Labute approximate surface area is 124 Å². The zero-order valence-corrected chi connectivity index (χ0v) is 13.6. The standard InChI is InChI=1S/C15H23N3OS/c1-6-16-11(5)13(9(2)3)15-17-14(18-19-15)12-8-20-7-10(12)4/h7-9,11,13,16H,6H2,1-5H3. The first-order chi connectivity index (χ1) is 9.54. The minimum atomic E-state index is 0.232. The van der Waals surface area contributed by atoms with Gasteiger partial charge in [-0.05, 0) is 37.3 Å². The van der Waals surface area contributed by atoms with E-state index in [1.165, 1.54) is 5.56 Å². The summed E-state index contributed by atoms with van der Waals surface area (Å²) in [7, 11) is 0. The van der Waals surface area contributed by atoms with Crippen LogP contribution in [0.25, 0.3) is 11.4 Å². The Bertz CT molecular complexity index is 547. The maximum absolute atomic E-state index is 5.54. The van der Waals surface area contributed by atoms with Gasteiger partial charge in [0.05, 0.1) is 5.92 Å². The number of hydrogen-bond donors (Lipinski definition) is 1. The molecule has 2 unspecified atom stereocenters. The molecule has 20 heavy (non-hydrogen) atoms. The van der Waals surface area contributed by atoms with Gasteiger partial charge in [-0.25, -0.2) is 0 Å². The number of likely N-dealkylation sites (N-methyl/N-ethyl adjacent to an activating group) is 1. The van der Waals surface area contributed by atoms with Crippen LogP contribution >= 0.6 is 11.3 Å². The van der Waals surface area contributed by atoms with Crippen molar-refractivity contribution in [2.45, 2.75) is 46.6 Å². The van der Waals surface area contributed by atoms with Gasteiger partial charge in [-0.2, -0.15) is 16.3 Å². The van der Waals surface area contributed by atoms with E-state index in [0.717, 1.165) is 18.0 Å². The summed E-state index contributed by atoms with van der Waals surface area (Å²) in [6.07, 6.45) is 0. The fourth-order valence-electron chi connectivity index (χ4n) is 2.59. The maximum atomic E-state index is 5.54. The van der Waals surface area contributed by atoms with Crippen molar-refractivity contribution in [3.8, 4) is 11.4 Å². The van der Waals surface area contributed by atoms with Crippen LogP contribution in [0, 0.1) is 12.8 Å². The van der Waals surface area contributed by atoms with Crippen molar-refractivity contribution in [2.75, 3.05) is 6.54 Å². The fourth-order valence-corrected chi connectivity index (χ4v) is 3.42. The summed E-state index contributed by atoms with van der Waals surface area (Å²) in [5, 5.41) is 11.8. The molecule has 2 aromatic rings. The Balaban J connectivity index is 2.27. The summed E-state index contributed by atoms with van der Waals surface area (Å²) in [4.78, 5) is 4.63. The van der Waals surface area contributed by atoms with E-state index in [9.17, 15) is 0 Å². The molecule has 2 rings (SSSR count). The number of nitrogens with zero attached hydrogens (tertiary/aromatic N) is 2. The van der Waals surface area contributed by atoms with E-state index < -0.39 is 0 Å². The second kappa shape index (κ2) is 6.50. The van der Waals surface area contributed by atoms with Crippen LogP contribution in [-0.2, 0) is 0 Å². The Morgan fingerprint density at radius 3 is 2.60 bits per heavy atom. The van der Waals surface area contributed by atoms with Crippen LogP contribution in [0.5, 0.6) is 0 Å². The highest BCUT2D eigenvalue weighted by molar-refractivity contribution is 7.08. The van der Waals surface area contributed by atoms with Crippen molar-refractivity contribution in [1.82, 2.24) is 15.5 Å². The number of aryl methyl sites for hydroxylation is 1. The first kappa shape index (κ1) is 15.2. The predicted octanol–water partition coefficient (Wildman–Crippen LogP) is 3.84. The molecule has 0 fully saturated rings. The van der Waals surface area contributed by atoms with Crippen LogP contribution in [0.1, 0.15) is 45.1 Å². The number of nitrogens with one attached hydrogen (secondary N) is 1. The van der Waals surface area contributed by atoms with E-state index in [1.807, 2.05) is 0 Å². The molecule has 2 heterocycles. The predicted molar refractivity (Wildman–Crippen MR) is 83.1 cm³/mol. The summed E-state index contributed by atoms with van der Waals surface area (Å²) in [6, 6.07) is 0.317. The van der Waals surface area contributed by atoms with Gasteiger partial charge in [-0.1, -0.05) is 25.9 Å². The van der Waals surface area contributed by atoms with Gasteiger partial charge in [0.2, 0.25) is 11.7 Å². The molecule has 2 atom stereocenters. The van der Waals surface area contributed by atoms with Crippen LogP contribution in [-0.4, -0.2) is 22.7 Å². The highest BCUT2D eigenvalue weighted by atomic mass is 32.1. The van der Waals surface area contributed by atoms with Crippen LogP contribution < -0.4 is 5.32 Å². The molecule has 5 heteroatoms. The SMILES string of the molecule is CCNC(C)C(c1nc(-c2cscc2C)no1)C(C)C. The largest absolute Gasteiger partial charge is 0.339 e. The molecule has 4 nitrogen and oxygen atoms in total. The summed E-state index contributed by atoms with van der Waals surface area (Å²) in [5.41, 5.74) is 2.27. The van der Waals surface area contributed by atoms with E-state index in [4.69, 9.17) is 4.52 Å². The smallest absolute Gasteiger partial charge is 0.231 e. The molecule has 0 saturated heterocycles. The number of aromatic nitrogens is 2. The first-order valence-electron chi connectivity index (χ1n) is 7.14. The molecule has 0 aliphatic rings. The molecule has 110 valence electrons. The molecule has 0 amide bonds. The molecule has 0 radical (unpaired) electrons.